The van der Waals surface area contributed by atoms with Gasteiger partial charge in [-0.25, -0.2) is 4.79 Å². The van der Waals surface area contributed by atoms with E-state index >= 15 is 0 Å². The van der Waals surface area contributed by atoms with Gasteiger partial charge in [0.25, 0.3) is 0 Å². The molecule has 3 saturated heterocycles. The normalized spacial score (nSPS) is 31.4. The number of carboxylic acid groups (broad SMARTS) is 1. The highest BCUT2D eigenvalue weighted by Gasteiger charge is 2.51. The van der Waals surface area contributed by atoms with Crippen LogP contribution in [0.2, 0.25) is 18.1 Å². The Morgan fingerprint density at radius 2 is 1.12 bits per heavy atom. The minimum absolute atomic E-state index is 0.00518. The van der Waals surface area contributed by atoms with Crippen molar-refractivity contribution in [2.75, 3.05) is 0 Å². The summed E-state index contributed by atoms with van der Waals surface area (Å²) in [7, 11) is -2.19. The summed E-state index contributed by atoms with van der Waals surface area (Å²) in [5.41, 5.74) is 0. The lowest BCUT2D eigenvalue weighted by atomic mass is 9.90. The summed E-state index contributed by atoms with van der Waals surface area (Å²) in [6.07, 6.45) is 39.1. The molecule has 0 amide bonds. The summed E-state index contributed by atoms with van der Waals surface area (Å²) < 4.78 is 49.4. The predicted octanol–water partition coefficient (Wildman–Crippen LogP) is 12.6. The van der Waals surface area contributed by atoms with E-state index in [0.29, 0.717) is 0 Å². The minimum Gasteiger partial charge on any atom is -0.478 e. The smallest absolute Gasteiger partial charge is 0.328 e. The van der Waals surface area contributed by atoms with Crippen molar-refractivity contribution in [3.63, 3.8) is 0 Å². The molecule has 0 bridgehead atoms. The summed E-state index contributed by atoms with van der Waals surface area (Å²) in [5, 5.41) is 19.6. The van der Waals surface area contributed by atoms with Gasteiger partial charge < -0.3 is 43.1 Å². The second kappa shape index (κ2) is 23.6. The Morgan fingerprint density at radius 1 is 0.652 bits per heavy atom. The monoisotopic (exact) mass is 937 g/mol. The molecule has 0 aromatic carbocycles. The molecule has 3 aliphatic heterocycles. The number of ether oxygens (including phenoxy) is 6. The first-order valence-corrected chi connectivity index (χ1v) is 28.9. The molecule has 6 rings (SSSR count). The van der Waals surface area contributed by atoms with Crippen LogP contribution in [0.15, 0.2) is 72.9 Å². The number of aliphatic hydroxyl groups is 1. The van der Waals surface area contributed by atoms with Gasteiger partial charge in [0, 0.05) is 88.2 Å². The average molecular weight is 937 g/mol. The molecular weight excluding hydrogens is 849 g/mol. The van der Waals surface area contributed by atoms with Crippen molar-refractivity contribution in [1.82, 2.24) is 0 Å². The molecule has 10 nitrogen and oxygen atoms in total. The summed E-state index contributed by atoms with van der Waals surface area (Å²) in [6, 6.07) is 0. The number of carboxylic acids is 1. The first-order valence-electron chi connectivity index (χ1n) is 26.0. The van der Waals surface area contributed by atoms with Crippen LogP contribution >= 0.6 is 0 Å². The summed E-state index contributed by atoms with van der Waals surface area (Å²) in [6.45, 7) is 20.2. The number of aliphatic hydroxyl groups excluding tert-OH is 1. The molecule has 0 aromatic heterocycles. The number of carbonyl (C=O) groups is 1. The van der Waals surface area contributed by atoms with Crippen LogP contribution in [0.5, 0.6) is 0 Å². The van der Waals surface area contributed by atoms with E-state index in [-0.39, 0.29) is 65.5 Å². The third kappa shape index (κ3) is 15.2. The van der Waals surface area contributed by atoms with Crippen molar-refractivity contribution in [2.45, 2.75) is 248 Å². The van der Waals surface area contributed by atoms with Crippen molar-refractivity contribution >= 4 is 14.3 Å². The fourth-order valence-electron chi connectivity index (χ4n) is 11.0. The van der Waals surface area contributed by atoms with Crippen LogP contribution in [0.3, 0.4) is 0 Å². The minimum atomic E-state index is -2.19. The molecule has 3 aliphatic carbocycles. The second-order valence-corrected chi connectivity index (χ2v) is 27.4. The van der Waals surface area contributed by atoms with Crippen LogP contribution in [0.1, 0.15) is 164 Å². The quantitative estimate of drug-likeness (QED) is 0.0560. The molecule has 10 atom stereocenters. The zero-order chi connectivity index (χ0) is 47.6. The van der Waals surface area contributed by atoms with Crippen LogP contribution in [-0.2, 0) is 37.6 Å². The Morgan fingerprint density at radius 3 is 1.65 bits per heavy atom. The highest BCUT2D eigenvalue weighted by molar-refractivity contribution is 6.74. The zero-order valence-electron chi connectivity index (χ0n) is 42.2. The molecular formula is C55H88O10Si. The van der Waals surface area contributed by atoms with Crippen molar-refractivity contribution in [3.05, 3.63) is 72.9 Å². The number of hydrogen-bond donors (Lipinski definition) is 2. The molecule has 0 unspecified atom stereocenters. The van der Waals surface area contributed by atoms with Gasteiger partial charge in [0.2, 0.25) is 0 Å². The maximum atomic E-state index is 10.8. The van der Waals surface area contributed by atoms with E-state index in [4.69, 9.17) is 38.0 Å². The van der Waals surface area contributed by atoms with E-state index < -0.39 is 37.8 Å². The lowest BCUT2D eigenvalue weighted by Crippen LogP contribution is -2.53. The lowest BCUT2D eigenvalue weighted by Gasteiger charge is -2.48. The van der Waals surface area contributed by atoms with Gasteiger partial charge in [-0.2, -0.15) is 0 Å². The van der Waals surface area contributed by atoms with Crippen LogP contribution in [0.4, 0.5) is 0 Å². The van der Waals surface area contributed by atoms with Crippen LogP contribution in [0.25, 0.3) is 0 Å². The molecule has 0 radical (unpaired) electrons. The van der Waals surface area contributed by atoms with Crippen molar-refractivity contribution in [1.29, 1.82) is 0 Å². The highest BCUT2D eigenvalue weighted by Crippen LogP contribution is 2.48. The first kappa shape index (κ1) is 53.2. The highest BCUT2D eigenvalue weighted by atomic mass is 28.4. The van der Waals surface area contributed by atoms with Crippen LogP contribution in [0, 0.1) is 17.8 Å². The summed E-state index contributed by atoms with van der Waals surface area (Å²) >= 11 is 0. The van der Waals surface area contributed by atoms with Crippen LogP contribution in [-0.4, -0.2) is 90.7 Å². The molecule has 372 valence electrons. The molecule has 11 heteroatoms. The number of aliphatic carboxylic acids is 1. The van der Waals surface area contributed by atoms with Gasteiger partial charge in [0.1, 0.15) is 0 Å². The Labute approximate surface area is 399 Å². The van der Waals surface area contributed by atoms with Crippen molar-refractivity contribution in [3.8, 4) is 0 Å². The topological polar surface area (TPSA) is 122 Å². The maximum Gasteiger partial charge on any atom is 0.328 e. The molecule has 3 saturated carbocycles. The van der Waals surface area contributed by atoms with Gasteiger partial charge in [0.05, 0.1) is 42.7 Å². The summed E-state index contributed by atoms with van der Waals surface area (Å²) in [4.78, 5) is 10.6. The predicted molar refractivity (Wildman–Crippen MR) is 264 cm³/mol. The number of rotatable bonds is 19. The fraction of sp³-hybridized carbons (Fsp3) is 0.764. The molecule has 3 heterocycles. The Hall–Kier alpha value is -2.19. The first-order chi connectivity index (χ1) is 31.3. The van der Waals surface area contributed by atoms with Crippen LogP contribution < -0.4 is 0 Å². The van der Waals surface area contributed by atoms with Gasteiger partial charge in [-0.3, -0.25) is 0 Å². The zero-order valence-corrected chi connectivity index (χ0v) is 43.2. The third-order valence-corrected chi connectivity index (χ3v) is 20.1. The largest absolute Gasteiger partial charge is 0.478 e. The molecule has 66 heavy (non-hydrogen) atoms. The van der Waals surface area contributed by atoms with E-state index in [1.165, 1.54) is 6.08 Å². The molecule has 0 aromatic rings. The Kier molecular flexibility index (Phi) is 19.0. The van der Waals surface area contributed by atoms with Crippen molar-refractivity contribution in [2.24, 2.45) is 17.8 Å². The van der Waals surface area contributed by atoms with Gasteiger partial charge in [-0.15, -0.1) is 0 Å². The fourth-order valence-corrected chi connectivity index (χ4v) is 12.4. The molecule has 6 fully saturated rings. The average Bonchev–Trinajstić information content (AvgIpc) is 4.01. The maximum absolute atomic E-state index is 10.8. The molecule has 2 N–H and O–H groups in total. The Bertz CT molecular complexity index is 1700. The third-order valence-electron chi connectivity index (χ3n) is 15.6. The van der Waals surface area contributed by atoms with Gasteiger partial charge in [0.15, 0.2) is 25.7 Å². The Balaban J connectivity index is 1.16. The number of allylic oxidation sites excluding steroid dienone is 8. The van der Waals surface area contributed by atoms with Gasteiger partial charge in [-0.05, 0) is 75.4 Å². The van der Waals surface area contributed by atoms with Gasteiger partial charge >= 0.3 is 5.97 Å². The molecule has 3 spiro atoms. The van der Waals surface area contributed by atoms with E-state index in [9.17, 15) is 9.90 Å². The molecule has 6 aliphatic rings. The van der Waals surface area contributed by atoms with E-state index in [0.717, 1.165) is 122 Å². The van der Waals surface area contributed by atoms with E-state index in [1.54, 1.807) is 12.2 Å². The summed E-state index contributed by atoms with van der Waals surface area (Å²) in [5.74, 6) is -2.19. The van der Waals surface area contributed by atoms with E-state index in [2.05, 4.69) is 85.9 Å². The van der Waals surface area contributed by atoms with Crippen molar-refractivity contribution < 1.29 is 47.9 Å². The number of hydrogen-bond acceptors (Lipinski definition) is 9. The lowest BCUT2D eigenvalue weighted by molar-refractivity contribution is -0.342. The van der Waals surface area contributed by atoms with E-state index in [1.807, 2.05) is 24.3 Å². The van der Waals surface area contributed by atoms with Gasteiger partial charge in [-0.1, -0.05) is 115 Å². The standard InChI is InChI=1S/C55H88O10Si/c1-40(2)51(58)42(4)26-27-43-34-44(60-53(59-43)28-18-19-29-53)37-48(65-66(8,9)52(5,6)7)38-46-35-45(61-54(62-46)30-20-21-31-54)36-47-39-49(64-55(63-47)32-22-23-33-55)41(3)24-16-14-12-10-11-13-15-17-25-50(56)57/h10-17,24-27,40-49,51,58H,18-23,28-39H2,1-9H3,(H,56,57)/b11-10+,14-12+,15-13+,24-16+,25-17+,27-26+/t41-,42-,43-,44-,45+,46+,47+,48+,49+,51-/m0/s1. The SMILES string of the molecule is CC(C)[C@H](O)[C@@H](C)/C=C/[C@H]1C[C@@H](C[C@H](C[C@H]2C[C@H](C[C@@H]3C[C@H]([C@@H](C)/C=C/C=C/C=C/C=C/C=C/C(=O)O)OC4(CCCC4)O3)OC3(CCCC3)O2)O[Si](C)(C)C(C)(C)C)OC2(CCCC2)O1. The second-order valence-electron chi connectivity index (χ2n) is 22.6.